The van der Waals surface area contributed by atoms with Crippen LogP contribution in [0.1, 0.15) is 32.6 Å². The Kier molecular flexibility index (Phi) is 4.31. The molecule has 2 rings (SSSR count). The van der Waals surface area contributed by atoms with Gasteiger partial charge in [-0.3, -0.25) is 4.79 Å². The van der Waals surface area contributed by atoms with Gasteiger partial charge in [0.1, 0.15) is 0 Å². The Hall–Kier alpha value is -0.280. The average Bonchev–Trinajstić information content (AvgIpc) is 2.57. The maximum absolute atomic E-state index is 11.7. The summed E-state index contributed by atoms with van der Waals surface area (Å²) in [5, 5.41) is 3.04. The van der Waals surface area contributed by atoms with Crippen LogP contribution in [0, 0.1) is 11.8 Å². The lowest BCUT2D eigenvalue weighted by Gasteiger charge is -2.36. The zero-order valence-corrected chi connectivity index (χ0v) is 11.5. The molecule has 0 aromatic carbocycles. The summed E-state index contributed by atoms with van der Waals surface area (Å²) in [6, 6.07) is 1.50. The van der Waals surface area contributed by atoms with E-state index < -0.39 is 0 Å². The molecule has 17 heavy (non-hydrogen) atoms. The number of carbonyl (C=O) groups excluding carboxylic acids is 1. The average molecular weight is 259 g/mol. The molecule has 98 valence electrons. The largest absolute Gasteiger partial charge is 0.356 e. The van der Waals surface area contributed by atoms with Crippen LogP contribution in [0.3, 0.4) is 0 Å². The molecule has 4 heteroatoms. The molecule has 0 radical (unpaired) electrons. The van der Waals surface area contributed by atoms with Gasteiger partial charge in [-0.1, -0.05) is 6.92 Å². The highest BCUT2D eigenvalue weighted by atomic mass is 35.5. The number of piperidine rings is 1. The van der Waals surface area contributed by atoms with Gasteiger partial charge >= 0.3 is 0 Å². The first-order valence-electron chi connectivity index (χ1n) is 6.67. The van der Waals surface area contributed by atoms with Gasteiger partial charge in [-0.15, -0.1) is 11.6 Å². The molecule has 1 N–H and O–H groups in total. The Labute approximate surface area is 109 Å². The summed E-state index contributed by atoms with van der Waals surface area (Å²) in [5.41, 5.74) is 0. The first kappa shape index (κ1) is 13.2. The number of halogens is 1. The maximum atomic E-state index is 11.7. The number of rotatable bonds is 4. The SMILES string of the molecule is CC(CCl)C(=O)NCC1CC2CCC(C1)N2C. The molecule has 0 aliphatic carbocycles. The molecule has 2 aliphatic heterocycles. The Morgan fingerprint density at radius 1 is 1.41 bits per heavy atom. The topological polar surface area (TPSA) is 32.3 Å². The molecular formula is C13H23ClN2O. The number of carbonyl (C=O) groups is 1. The normalized spacial score (nSPS) is 34.6. The third-order valence-corrected chi connectivity index (χ3v) is 4.90. The number of nitrogens with one attached hydrogen (secondary N) is 1. The minimum absolute atomic E-state index is 0.0698. The number of amides is 1. The fourth-order valence-corrected chi connectivity index (χ4v) is 3.32. The first-order chi connectivity index (χ1) is 8.11. The van der Waals surface area contributed by atoms with Gasteiger partial charge in [-0.2, -0.15) is 0 Å². The van der Waals surface area contributed by atoms with E-state index in [1.54, 1.807) is 0 Å². The van der Waals surface area contributed by atoms with E-state index >= 15 is 0 Å². The van der Waals surface area contributed by atoms with Crippen molar-refractivity contribution in [2.75, 3.05) is 19.5 Å². The van der Waals surface area contributed by atoms with Crippen LogP contribution in [0.15, 0.2) is 0 Å². The molecule has 0 aromatic rings. The molecule has 1 amide bonds. The van der Waals surface area contributed by atoms with Crippen molar-refractivity contribution < 1.29 is 4.79 Å². The monoisotopic (exact) mass is 258 g/mol. The van der Waals surface area contributed by atoms with E-state index in [2.05, 4.69) is 17.3 Å². The molecule has 3 atom stereocenters. The molecule has 3 nitrogen and oxygen atoms in total. The van der Waals surface area contributed by atoms with Crippen molar-refractivity contribution in [3.63, 3.8) is 0 Å². The lowest BCUT2D eigenvalue weighted by molar-refractivity contribution is -0.124. The van der Waals surface area contributed by atoms with Crippen molar-refractivity contribution in [3.8, 4) is 0 Å². The Morgan fingerprint density at radius 2 is 2.00 bits per heavy atom. The Bertz CT molecular complexity index is 271. The quantitative estimate of drug-likeness (QED) is 0.781. The lowest BCUT2D eigenvalue weighted by atomic mass is 9.91. The van der Waals surface area contributed by atoms with Gasteiger partial charge in [-0.05, 0) is 38.6 Å². The summed E-state index contributed by atoms with van der Waals surface area (Å²) in [6.45, 7) is 2.71. The van der Waals surface area contributed by atoms with E-state index in [1.807, 2.05) is 6.92 Å². The van der Waals surface area contributed by atoms with Gasteiger partial charge in [0.25, 0.3) is 0 Å². The van der Waals surface area contributed by atoms with Crippen molar-refractivity contribution in [3.05, 3.63) is 0 Å². The van der Waals surface area contributed by atoms with Crippen molar-refractivity contribution in [2.45, 2.75) is 44.7 Å². The van der Waals surface area contributed by atoms with Crippen LogP contribution < -0.4 is 5.32 Å². The highest BCUT2D eigenvalue weighted by Crippen LogP contribution is 2.36. The summed E-state index contributed by atoms with van der Waals surface area (Å²) >= 11 is 5.68. The summed E-state index contributed by atoms with van der Waals surface area (Å²) in [4.78, 5) is 14.2. The van der Waals surface area contributed by atoms with Crippen LogP contribution in [0.4, 0.5) is 0 Å². The van der Waals surface area contributed by atoms with E-state index in [0.717, 1.165) is 18.6 Å². The number of alkyl halides is 1. The first-order valence-corrected chi connectivity index (χ1v) is 7.21. The van der Waals surface area contributed by atoms with Gasteiger partial charge in [0.15, 0.2) is 0 Å². The minimum atomic E-state index is -0.0698. The number of hydrogen-bond acceptors (Lipinski definition) is 2. The molecule has 3 unspecified atom stereocenters. The second-order valence-electron chi connectivity index (χ2n) is 5.69. The molecular weight excluding hydrogens is 236 g/mol. The van der Waals surface area contributed by atoms with E-state index in [-0.39, 0.29) is 11.8 Å². The second-order valence-corrected chi connectivity index (χ2v) is 6.00. The van der Waals surface area contributed by atoms with Crippen LogP contribution in [0.5, 0.6) is 0 Å². The Morgan fingerprint density at radius 3 is 2.53 bits per heavy atom. The summed E-state index contributed by atoms with van der Waals surface area (Å²) in [7, 11) is 2.24. The summed E-state index contributed by atoms with van der Waals surface area (Å²) in [6.07, 6.45) is 5.15. The minimum Gasteiger partial charge on any atom is -0.356 e. The van der Waals surface area contributed by atoms with Gasteiger partial charge < -0.3 is 10.2 Å². The van der Waals surface area contributed by atoms with E-state index in [9.17, 15) is 4.79 Å². The standard InChI is InChI=1S/C13H23ClN2O/c1-9(7-14)13(17)15-8-10-5-11-3-4-12(6-10)16(11)2/h9-12H,3-8H2,1-2H3,(H,15,17). The third kappa shape index (κ3) is 2.94. The van der Waals surface area contributed by atoms with Gasteiger partial charge in [-0.25, -0.2) is 0 Å². The van der Waals surface area contributed by atoms with Gasteiger partial charge in [0.05, 0.1) is 0 Å². The second kappa shape index (κ2) is 5.57. The van der Waals surface area contributed by atoms with E-state index in [0.29, 0.717) is 11.8 Å². The van der Waals surface area contributed by atoms with Crippen molar-refractivity contribution in [1.29, 1.82) is 0 Å². The predicted octanol–water partition coefficient (Wildman–Crippen LogP) is 1.85. The lowest BCUT2D eigenvalue weighted by Crippen LogP contribution is -2.44. The number of fused-ring (bicyclic) bond motifs is 2. The predicted molar refractivity (Wildman–Crippen MR) is 70.2 cm³/mol. The molecule has 0 spiro atoms. The molecule has 2 aliphatic rings. The van der Waals surface area contributed by atoms with Crippen LogP contribution in [-0.2, 0) is 4.79 Å². The highest BCUT2D eigenvalue weighted by Gasteiger charge is 2.38. The fraction of sp³-hybridized carbons (Fsp3) is 0.923. The molecule has 0 saturated carbocycles. The van der Waals surface area contributed by atoms with Crippen molar-refractivity contribution in [1.82, 2.24) is 10.2 Å². The van der Waals surface area contributed by atoms with Crippen LogP contribution in [-0.4, -0.2) is 42.4 Å². The smallest absolute Gasteiger partial charge is 0.224 e. The highest BCUT2D eigenvalue weighted by molar-refractivity contribution is 6.19. The van der Waals surface area contributed by atoms with Crippen molar-refractivity contribution in [2.24, 2.45) is 11.8 Å². The number of nitrogens with zero attached hydrogens (tertiary/aromatic N) is 1. The fourth-order valence-electron chi connectivity index (χ4n) is 3.18. The molecule has 2 bridgehead atoms. The van der Waals surface area contributed by atoms with Gasteiger partial charge in [0.2, 0.25) is 5.91 Å². The maximum Gasteiger partial charge on any atom is 0.224 e. The van der Waals surface area contributed by atoms with Crippen LogP contribution in [0.2, 0.25) is 0 Å². The summed E-state index contributed by atoms with van der Waals surface area (Å²) in [5.74, 6) is 1.10. The van der Waals surface area contributed by atoms with Crippen LogP contribution in [0.25, 0.3) is 0 Å². The van der Waals surface area contributed by atoms with E-state index in [1.165, 1.54) is 25.7 Å². The van der Waals surface area contributed by atoms with Gasteiger partial charge in [0, 0.05) is 30.4 Å². The molecule has 0 aromatic heterocycles. The molecule has 2 fully saturated rings. The van der Waals surface area contributed by atoms with E-state index in [4.69, 9.17) is 11.6 Å². The van der Waals surface area contributed by atoms with Crippen molar-refractivity contribution >= 4 is 17.5 Å². The summed E-state index contributed by atoms with van der Waals surface area (Å²) < 4.78 is 0. The third-order valence-electron chi connectivity index (χ3n) is 4.44. The molecule has 2 saturated heterocycles. The zero-order valence-electron chi connectivity index (χ0n) is 10.8. The Balaban J connectivity index is 1.76. The number of hydrogen-bond donors (Lipinski definition) is 1. The molecule has 2 heterocycles. The van der Waals surface area contributed by atoms with Crippen LogP contribution >= 0.6 is 11.6 Å². The zero-order chi connectivity index (χ0) is 12.4.